The van der Waals surface area contributed by atoms with Gasteiger partial charge in [-0.05, 0) is 50.5 Å². The highest BCUT2D eigenvalue weighted by atomic mass is 14.9. The van der Waals surface area contributed by atoms with Crippen molar-refractivity contribution < 1.29 is 0 Å². The molecule has 0 amide bonds. The molecule has 0 aromatic rings. The van der Waals surface area contributed by atoms with Crippen LogP contribution in [-0.4, -0.2) is 12.6 Å². The van der Waals surface area contributed by atoms with E-state index < -0.39 is 0 Å². The summed E-state index contributed by atoms with van der Waals surface area (Å²) in [6.07, 6.45) is 7.27. The second kappa shape index (κ2) is 3.14. The molecule has 11 heavy (non-hydrogen) atoms. The van der Waals surface area contributed by atoms with E-state index in [1.54, 1.807) is 0 Å². The predicted octanol–water partition coefficient (Wildman–Crippen LogP) is 2.17. The Morgan fingerprint density at radius 1 is 1.18 bits per heavy atom. The summed E-state index contributed by atoms with van der Waals surface area (Å²) in [6.45, 7) is 3.68. The molecule has 2 fully saturated rings. The number of rotatable bonds is 0. The van der Waals surface area contributed by atoms with Crippen LogP contribution in [0.2, 0.25) is 0 Å². The maximum absolute atomic E-state index is 3.64. The molecule has 0 unspecified atom stereocenters. The Morgan fingerprint density at radius 2 is 2.09 bits per heavy atom. The van der Waals surface area contributed by atoms with Crippen molar-refractivity contribution in [3.63, 3.8) is 0 Å². The third kappa shape index (κ3) is 1.58. The van der Waals surface area contributed by atoms with E-state index >= 15 is 0 Å². The third-order valence-corrected chi connectivity index (χ3v) is 3.40. The van der Waals surface area contributed by atoms with Gasteiger partial charge in [-0.1, -0.05) is 6.92 Å². The molecule has 64 valence electrons. The maximum Gasteiger partial charge on any atom is 0.00955 e. The Kier molecular flexibility index (Phi) is 2.17. The summed E-state index contributed by atoms with van der Waals surface area (Å²) in [7, 11) is 0. The van der Waals surface area contributed by atoms with Gasteiger partial charge in [0.25, 0.3) is 0 Å². The van der Waals surface area contributed by atoms with Gasteiger partial charge in [0.1, 0.15) is 0 Å². The monoisotopic (exact) mass is 153 g/mol. The van der Waals surface area contributed by atoms with E-state index in [4.69, 9.17) is 0 Å². The Bertz CT molecular complexity index is 133. The first-order valence-corrected chi connectivity index (χ1v) is 5.09. The van der Waals surface area contributed by atoms with E-state index in [0.29, 0.717) is 0 Å². The zero-order valence-corrected chi connectivity index (χ0v) is 7.47. The van der Waals surface area contributed by atoms with Crippen molar-refractivity contribution in [2.24, 2.45) is 11.8 Å². The molecule has 1 saturated heterocycles. The number of hydrogen-bond donors (Lipinski definition) is 1. The summed E-state index contributed by atoms with van der Waals surface area (Å²) >= 11 is 0. The van der Waals surface area contributed by atoms with E-state index in [9.17, 15) is 0 Å². The SMILES string of the molecule is C[C@H]1CC[C@@H]2NCCC[C@H]2C1. The Balaban J connectivity index is 1.93. The lowest BCUT2D eigenvalue weighted by Gasteiger charge is -2.38. The van der Waals surface area contributed by atoms with Crippen molar-refractivity contribution >= 4 is 0 Å². The lowest BCUT2D eigenvalue weighted by Crippen LogP contribution is -2.44. The van der Waals surface area contributed by atoms with Crippen molar-refractivity contribution in [1.29, 1.82) is 0 Å². The molecular formula is C10H19N. The molecule has 1 nitrogen and oxygen atoms in total. The molecule has 1 saturated carbocycles. The number of piperidine rings is 1. The number of fused-ring (bicyclic) bond motifs is 1. The predicted molar refractivity (Wildman–Crippen MR) is 47.5 cm³/mol. The van der Waals surface area contributed by atoms with Crippen LogP contribution in [0.25, 0.3) is 0 Å². The zero-order valence-electron chi connectivity index (χ0n) is 7.47. The summed E-state index contributed by atoms with van der Waals surface area (Å²) in [5.41, 5.74) is 0. The van der Waals surface area contributed by atoms with E-state index in [0.717, 1.165) is 17.9 Å². The van der Waals surface area contributed by atoms with Crippen LogP contribution in [0.1, 0.15) is 39.0 Å². The van der Waals surface area contributed by atoms with Crippen LogP contribution < -0.4 is 5.32 Å². The Labute approximate surface area is 69.6 Å². The van der Waals surface area contributed by atoms with Gasteiger partial charge in [-0.2, -0.15) is 0 Å². The molecule has 1 heterocycles. The molecule has 0 aromatic heterocycles. The normalized spacial score (nSPS) is 45.0. The highest BCUT2D eigenvalue weighted by Gasteiger charge is 2.29. The fraction of sp³-hybridized carbons (Fsp3) is 1.00. The fourth-order valence-corrected chi connectivity index (χ4v) is 2.74. The molecule has 3 atom stereocenters. The standard InChI is InChI=1S/C10H19N/c1-8-4-5-10-9(7-8)3-2-6-11-10/h8-11H,2-7H2,1H3/t8-,9-,10-/m0/s1. The van der Waals surface area contributed by atoms with Gasteiger partial charge in [-0.3, -0.25) is 0 Å². The van der Waals surface area contributed by atoms with Gasteiger partial charge in [-0.15, -0.1) is 0 Å². The smallest absolute Gasteiger partial charge is 0.00955 e. The zero-order chi connectivity index (χ0) is 7.68. The van der Waals surface area contributed by atoms with Crippen LogP contribution in [0, 0.1) is 11.8 Å². The van der Waals surface area contributed by atoms with E-state index in [1.807, 2.05) is 0 Å². The topological polar surface area (TPSA) is 12.0 Å². The second-order valence-electron chi connectivity index (χ2n) is 4.38. The van der Waals surface area contributed by atoms with E-state index in [2.05, 4.69) is 12.2 Å². The summed E-state index contributed by atoms with van der Waals surface area (Å²) in [5, 5.41) is 3.64. The highest BCUT2D eigenvalue weighted by molar-refractivity contribution is 4.86. The Morgan fingerprint density at radius 3 is 3.00 bits per heavy atom. The lowest BCUT2D eigenvalue weighted by atomic mass is 9.75. The molecule has 0 aromatic carbocycles. The van der Waals surface area contributed by atoms with Gasteiger partial charge in [0.05, 0.1) is 0 Å². The maximum atomic E-state index is 3.64. The molecule has 2 aliphatic rings. The minimum atomic E-state index is 0.889. The van der Waals surface area contributed by atoms with Crippen molar-refractivity contribution in [3.05, 3.63) is 0 Å². The molecule has 0 bridgehead atoms. The van der Waals surface area contributed by atoms with Gasteiger partial charge in [0.15, 0.2) is 0 Å². The van der Waals surface area contributed by atoms with E-state index in [1.165, 1.54) is 38.6 Å². The molecule has 0 radical (unpaired) electrons. The van der Waals surface area contributed by atoms with Crippen molar-refractivity contribution in [1.82, 2.24) is 5.32 Å². The molecule has 0 spiro atoms. The van der Waals surface area contributed by atoms with Gasteiger partial charge in [-0.25, -0.2) is 0 Å². The largest absolute Gasteiger partial charge is 0.314 e. The molecule has 1 aliphatic carbocycles. The fourth-order valence-electron chi connectivity index (χ4n) is 2.74. The van der Waals surface area contributed by atoms with Crippen molar-refractivity contribution in [3.8, 4) is 0 Å². The molecule has 1 aliphatic heterocycles. The second-order valence-corrected chi connectivity index (χ2v) is 4.38. The molecule has 2 rings (SSSR count). The number of nitrogens with one attached hydrogen (secondary N) is 1. The average Bonchev–Trinajstić information content (AvgIpc) is 2.04. The van der Waals surface area contributed by atoms with Gasteiger partial charge in [0.2, 0.25) is 0 Å². The van der Waals surface area contributed by atoms with Crippen LogP contribution in [0.5, 0.6) is 0 Å². The summed E-state index contributed by atoms with van der Waals surface area (Å²) in [6, 6.07) is 0.889. The third-order valence-electron chi connectivity index (χ3n) is 3.40. The first-order valence-electron chi connectivity index (χ1n) is 5.09. The summed E-state index contributed by atoms with van der Waals surface area (Å²) in [4.78, 5) is 0. The summed E-state index contributed by atoms with van der Waals surface area (Å²) < 4.78 is 0. The van der Waals surface area contributed by atoms with Crippen molar-refractivity contribution in [2.75, 3.05) is 6.54 Å². The van der Waals surface area contributed by atoms with Crippen LogP contribution in [0.4, 0.5) is 0 Å². The van der Waals surface area contributed by atoms with Gasteiger partial charge >= 0.3 is 0 Å². The number of hydrogen-bond acceptors (Lipinski definition) is 1. The summed E-state index contributed by atoms with van der Waals surface area (Å²) in [5.74, 6) is 2.02. The first-order chi connectivity index (χ1) is 5.36. The lowest BCUT2D eigenvalue weighted by molar-refractivity contribution is 0.173. The van der Waals surface area contributed by atoms with Crippen molar-refractivity contribution in [2.45, 2.75) is 45.1 Å². The average molecular weight is 153 g/mol. The molecule has 1 N–H and O–H groups in total. The molecular weight excluding hydrogens is 134 g/mol. The minimum absolute atomic E-state index is 0.889. The first kappa shape index (κ1) is 7.60. The van der Waals surface area contributed by atoms with E-state index in [-0.39, 0.29) is 0 Å². The highest BCUT2D eigenvalue weighted by Crippen LogP contribution is 2.33. The van der Waals surface area contributed by atoms with Crippen LogP contribution in [0.15, 0.2) is 0 Å². The van der Waals surface area contributed by atoms with Crippen LogP contribution >= 0.6 is 0 Å². The minimum Gasteiger partial charge on any atom is -0.314 e. The van der Waals surface area contributed by atoms with Gasteiger partial charge in [0, 0.05) is 6.04 Å². The quantitative estimate of drug-likeness (QED) is 0.562. The van der Waals surface area contributed by atoms with Crippen LogP contribution in [0.3, 0.4) is 0 Å². The Hall–Kier alpha value is -0.0400. The molecule has 1 heteroatoms. The van der Waals surface area contributed by atoms with Crippen LogP contribution in [-0.2, 0) is 0 Å². The van der Waals surface area contributed by atoms with Gasteiger partial charge < -0.3 is 5.32 Å².